The normalized spacial score (nSPS) is 18.9. The van der Waals surface area contributed by atoms with Gasteiger partial charge in [-0.1, -0.05) is 19.8 Å². The summed E-state index contributed by atoms with van der Waals surface area (Å²) in [4.78, 5) is 23.2. The molecule has 0 unspecified atom stereocenters. The predicted octanol–water partition coefficient (Wildman–Crippen LogP) is 3.35. The molecule has 1 aliphatic carbocycles. The van der Waals surface area contributed by atoms with Crippen LogP contribution >= 0.6 is 0 Å². The monoisotopic (exact) mass is 359 g/mol. The summed E-state index contributed by atoms with van der Waals surface area (Å²) in [5.74, 6) is 2.82. The van der Waals surface area contributed by atoms with E-state index in [1.165, 1.54) is 12.8 Å². The molecule has 3 rings (SSSR count). The Balaban J connectivity index is 1.39. The van der Waals surface area contributed by atoms with Gasteiger partial charge < -0.3 is 15.5 Å². The minimum absolute atomic E-state index is 0.252. The summed E-state index contributed by atoms with van der Waals surface area (Å²) in [6.45, 7) is 5.10. The van der Waals surface area contributed by atoms with E-state index in [0.717, 1.165) is 69.8 Å². The quantitative estimate of drug-likeness (QED) is 0.745. The van der Waals surface area contributed by atoms with Crippen molar-refractivity contribution in [1.29, 1.82) is 0 Å². The van der Waals surface area contributed by atoms with E-state index < -0.39 is 0 Å². The number of amides is 1. The molecule has 0 bridgehead atoms. The summed E-state index contributed by atoms with van der Waals surface area (Å²) in [7, 11) is 0. The molecule has 1 saturated heterocycles. The first-order valence-electron chi connectivity index (χ1n) is 10.3. The van der Waals surface area contributed by atoms with Crippen LogP contribution in [-0.4, -0.2) is 41.6 Å². The lowest BCUT2D eigenvalue weighted by Crippen LogP contribution is -2.36. The molecule has 0 radical (unpaired) electrons. The van der Waals surface area contributed by atoms with E-state index in [1.807, 2.05) is 6.07 Å². The van der Waals surface area contributed by atoms with E-state index in [4.69, 9.17) is 0 Å². The predicted molar refractivity (Wildman–Crippen MR) is 105 cm³/mol. The standard InChI is InChI=1S/C20H33N5O/c1-2-11-21-18-14-19(23-15-22-18)25-12-9-16(10-13-25)7-8-20(26)24-17-5-3-4-6-17/h14-17H,2-13H2,1H3,(H,24,26)(H,21,22,23). The summed E-state index contributed by atoms with van der Waals surface area (Å²) in [5.41, 5.74) is 0. The maximum atomic E-state index is 12.1. The van der Waals surface area contributed by atoms with Crippen LogP contribution in [0.3, 0.4) is 0 Å². The van der Waals surface area contributed by atoms with Gasteiger partial charge in [0.1, 0.15) is 18.0 Å². The number of hydrogen-bond acceptors (Lipinski definition) is 5. The summed E-state index contributed by atoms with van der Waals surface area (Å²) in [6, 6.07) is 2.49. The van der Waals surface area contributed by atoms with Gasteiger partial charge in [-0.2, -0.15) is 0 Å². The molecule has 6 heteroatoms. The Kier molecular flexibility index (Phi) is 7.09. The van der Waals surface area contributed by atoms with Gasteiger partial charge >= 0.3 is 0 Å². The number of hydrogen-bond donors (Lipinski definition) is 2. The third kappa shape index (κ3) is 5.58. The molecule has 0 atom stereocenters. The van der Waals surface area contributed by atoms with Crippen molar-refractivity contribution in [2.24, 2.45) is 5.92 Å². The Bertz CT molecular complexity index is 565. The van der Waals surface area contributed by atoms with Gasteiger partial charge in [0.15, 0.2) is 0 Å². The second-order valence-corrected chi connectivity index (χ2v) is 7.71. The molecule has 0 spiro atoms. The van der Waals surface area contributed by atoms with E-state index in [2.05, 4.69) is 32.4 Å². The highest BCUT2D eigenvalue weighted by Gasteiger charge is 2.22. The number of carbonyl (C=O) groups excluding carboxylic acids is 1. The molecule has 1 amide bonds. The van der Waals surface area contributed by atoms with Crippen molar-refractivity contribution < 1.29 is 4.79 Å². The average Bonchev–Trinajstić information content (AvgIpc) is 3.18. The Labute approximate surface area is 157 Å². The lowest BCUT2D eigenvalue weighted by molar-refractivity contribution is -0.122. The molecular formula is C20H33N5O. The molecule has 1 saturated carbocycles. The van der Waals surface area contributed by atoms with Gasteiger partial charge in [-0.25, -0.2) is 9.97 Å². The molecule has 1 aromatic rings. The van der Waals surface area contributed by atoms with Crippen LogP contribution in [0.4, 0.5) is 11.6 Å². The second-order valence-electron chi connectivity index (χ2n) is 7.71. The molecule has 2 heterocycles. The molecule has 0 aromatic carbocycles. The van der Waals surface area contributed by atoms with Crippen molar-refractivity contribution in [2.45, 2.75) is 70.8 Å². The van der Waals surface area contributed by atoms with Crippen molar-refractivity contribution in [3.8, 4) is 0 Å². The van der Waals surface area contributed by atoms with Crippen molar-refractivity contribution in [3.05, 3.63) is 12.4 Å². The first kappa shape index (κ1) is 18.9. The third-order valence-corrected chi connectivity index (χ3v) is 5.65. The topological polar surface area (TPSA) is 70.2 Å². The average molecular weight is 360 g/mol. The number of carbonyl (C=O) groups is 1. The Morgan fingerprint density at radius 3 is 2.69 bits per heavy atom. The van der Waals surface area contributed by atoms with Gasteiger partial charge in [0.05, 0.1) is 0 Å². The van der Waals surface area contributed by atoms with Crippen molar-refractivity contribution >= 4 is 17.5 Å². The van der Waals surface area contributed by atoms with E-state index >= 15 is 0 Å². The molecule has 144 valence electrons. The lowest BCUT2D eigenvalue weighted by atomic mass is 9.92. The number of anilines is 2. The van der Waals surface area contributed by atoms with Gasteiger partial charge in [0, 0.05) is 38.2 Å². The van der Waals surface area contributed by atoms with Crippen molar-refractivity contribution in [1.82, 2.24) is 15.3 Å². The van der Waals surface area contributed by atoms with E-state index in [1.54, 1.807) is 6.33 Å². The molecule has 2 fully saturated rings. The zero-order valence-electron chi connectivity index (χ0n) is 16.0. The fourth-order valence-corrected chi connectivity index (χ4v) is 4.03. The zero-order valence-corrected chi connectivity index (χ0v) is 16.0. The number of aromatic nitrogens is 2. The van der Waals surface area contributed by atoms with Crippen molar-refractivity contribution in [3.63, 3.8) is 0 Å². The second kappa shape index (κ2) is 9.74. The van der Waals surface area contributed by atoms with Gasteiger partial charge in [0.25, 0.3) is 0 Å². The van der Waals surface area contributed by atoms with Gasteiger partial charge in [-0.05, 0) is 44.4 Å². The minimum Gasteiger partial charge on any atom is -0.370 e. The first-order chi connectivity index (χ1) is 12.7. The SMILES string of the molecule is CCCNc1cc(N2CCC(CCC(=O)NC3CCCC3)CC2)ncn1. The number of nitrogens with zero attached hydrogens (tertiary/aromatic N) is 3. The summed E-state index contributed by atoms with van der Waals surface area (Å²) < 4.78 is 0. The Hall–Kier alpha value is -1.85. The zero-order chi connectivity index (χ0) is 18.2. The smallest absolute Gasteiger partial charge is 0.220 e. The fourth-order valence-electron chi connectivity index (χ4n) is 4.03. The van der Waals surface area contributed by atoms with Crippen LogP contribution in [0.25, 0.3) is 0 Å². The van der Waals surface area contributed by atoms with Gasteiger partial charge in [0.2, 0.25) is 5.91 Å². The van der Waals surface area contributed by atoms with Crippen LogP contribution in [-0.2, 0) is 4.79 Å². The van der Waals surface area contributed by atoms with Gasteiger partial charge in [-0.3, -0.25) is 4.79 Å². The molecule has 2 N–H and O–H groups in total. The summed E-state index contributed by atoms with van der Waals surface area (Å²) >= 11 is 0. The molecule has 1 aromatic heterocycles. The molecule has 6 nitrogen and oxygen atoms in total. The Morgan fingerprint density at radius 2 is 1.96 bits per heavy atom. The van der Waals surface area contributed by atoms with E-state index in [9.17, 15) is 4.79 Å². The van der Waals surface area contributed by atoms with Gasteiger partial charge in [-0.15, -0.1) is 0 Å². The molecule has 1 aliphatic heterocycles. The first-order valence-corrected chi connectivity index (χ1v) is 10.3. The fraction of sp³-hybridized carbons (Fsp3) is 0.750. The summed E-state index contributed by atoms with van der Waals surface area (Å²) in [6.07, 6.45) is 11.6. The highest BCUT2D eigenvalue weighted by Crippen LogP contribution is 2.26. The number of nitrogens with one attached hydrogen (secondary N) is 2. The molecular weight excluding hydrogens is 326 g/mol. The highest BCUT2D eigenvalue weighted by molar-refractivity contribution is 5.76. The van der Waals surface area contributed by atoms with Crippen LogP contribution in [0, 0.1) is 5.92 Å². The third-order valence-electron chi connectivity index (χ3n) is 5.65. The highest BCUT2D eigenvalue weighted by atomic mass is 16.1. The Morgan fingerprint density at radius 1 is 1.19 bits per heavy atom. The minimum atomic E-state index is 0.252. The van der Waals surface area contributed by atoms with Crippen LogP contribution in [0.2, 0.25) is 0 Å². The summed E-state index contributed by atoms with van der Waals surface area (Å²) in [5, 5.41) is 6.53. The molecule has 26 heavy (non-hydrogen) atoms. The van der Waals surface area contributed by atoms with Crippen molar-refractivity contribution in [2.75, 3.05) is 29.9 Å². The van der Waals surface area contributed by atoms with Crippen LogP contribution < -0.4 is 15.5 Å². The van der Waals surface area contributed by atoms with E-state index in [0.29, 0.717) is 18.4 Å². The lowest BCUT2D eigenvalue weighted by Gasteiger charge is -2.32. The maximum absolute atomic E-state index is 12.1. The number of rotatable bonds is 8. The van der Waals surface area contributed by atoms with Crippen LogP contribution in [0.15, 0.2) is 12.4 Å². The molecule has 2 aliphatic rings. The van der Waals surface area contributed by atoms with Crippen LogP contribution in [0.1, 0.15) is 64.7 Å². The maximum Gasteiger partial charge on any atom is 0.220 e. The van der Waals surface area contributed by atoms with Crippen LogP contribution in [0.5, 0.6) is 0 Å². The van der Waals surface area contributed by atoms with E-state index in [-0.39, 0.29) is 5.91 Å². The number of piperidine rings is 1. The largest absolute Gasteiger partial charge is 0.370 e.